The van der Waals surface area contributed by atoms with Crippen LogP contribution in [-0.2, 0) is 0 Å². The summed E-state index contributed by atoms with van der Waals surface area (Å²) in [6.45, 7) is 2.68. The molecule has 1 heterocycles. The van der Waals surface area contributed by atoms with Crippen LogP contribution in [0.2, 0.25) is 0 Å². The molecule has 1 fully saturated rings. The molecule has 3 N–H and O–H groups in total. The molecule has 4 nitrogen and oxygen atoms in total. The number of halogens is 2. The first-order valence-corrected chi connectivity index (χ1v) is 6.62. The normalized spacial score (nSPS) is 18.1. The van der Waals surface area contributed by atoms with Gasteiger partial charge in [0.25, 0.3) is 5.91 Å². The van der Waals surface area contributed by atoms with Gasteiger partial charge in [-0.25, -0.2) is 8.78 Å². The van der Waals surface area contributed by atoms with Crippen molar-refractivity contribution >= 4 is 11.6 Å². The van der Waals surface area contributed by atoms with E-state index in [1.54, 1.807) is 11.8 Å². The van der Waals surface area contributed by atoms with Crippen LogP contribution in [0.3, 0.4) is 0 Å². The average molecular weight is 284 g/mol. The minimum atomic E-state index is -0.924. The van der Waals surface area contributed by atoms with Gasteiger partial charge >= 0.3 is 0 Å². The van der Waals surface area contributed by atoms with E-state index >= 15 is 0 Å². The fourth-order valence-corrected chi connectivity index (χ4v) is 2.48. The van der Waals surface area contributed by atoms with Gasteiger partial charge in [0.2, 0.25) is 0 Å². The van der Waals surface area contributed by atoms with Crippen LogP contribution in [-0.4, -0.2) is 35.1 Å². The Morgan fingerprint density at radius 3 is 2.30 bits per heavy atom. The number of benzene rings is 1. The van der Waals surface area contributed by atoms with Crippen molar-refractivity contribution in [3.63, 3.8) is 0 Å². The summed E-state index contributed by atoms with van der Waals surface area (Å²) in [5.74, 6) is -2.09. The number of aliphatic hydroxyl groups excluding tert-OH is 1. The van der Waals surface area contributed by atoms with Crippen LogP contribution in [0.4, 0.5) is 14.5 Å². The van der Waals surface area contributed by atoms with Crippen molar-refractivity contribution in [1.29, 1.82) is 0 Å². The minimum absolute atomic E-state index is 0.0373. The SMILES string of the molecule is CC(O)C1CCN(C(=O)c2cc(F)c(N)c(F)c2)CC1. The fraction of sp³-hybridized carbons (Fsp3) is 0.500. The standard InChI is InChI=1S/C14H18F2N2O2/c1-8(19)9-2-4-18(5-3-9)14(20)10-6-11(15)13(17)12(16)7-10/h6-9,19H,2-5,17H2,1H3. The van der Waals surface area contributed by atoms with Crippen molar-refractivity contribution in [2.75, 3.05) is 18.8 Å². The van der Waals surface area contributed by atoms with Crippen molar-refractivity contribution in [3.8, 4) is 0 Å². The Hall–Kier alpha value is -1.69. The van der Waals surface area contributed by atoms with Crippen molar-refractivity contribution in [2.24, 2.45) is 5.92 Å². The van der Waals surface area contributed by atoms with Gasteiger partial charge in [-0.3, -0.25) is 4.79 Å². The second kappa shape index (κ2) is 5.75. The van der Waals surface area contributed by atoms with Gasteiger partial charge in [0.1, 0.15) is 17.3 Å². The highest BCUT2D eigenvalue weighted by molar-refractivity contribution is 5.94. The summed E-state index contributed by atoms with van der Waals surface area (Å²) in [6.07, 6.45) is 0.964. The molecule has 6 heteroatoms. The highest BCUT2D eigenvalue weighted by Gasteiger charge is 2.26. The summed E-state index contributed by atoms with van der Waals surface area (Å²) in [5.41, 5.74) is 4.57. The van der Waals surface area contributed by atoms with Gasteiger partial charge in [-0.2, -0.15) is 0 Å². The number of aliphatic hydroxyl groups is 1. The maximum Gasteiger partial charge on any atom is 0.254 e. The molecule has 2 rings (SSSR count). The molecule has 0 saturated carbocycles. The average Bonchev–Trinajstić information content (AvgIpc) is 2.43. The Kier molecular flexibility index (Phi) is 4.23. The second-order valence-electron chi connectivity index (χ2n) is 5.22. The third kappa shape index (κ3) is 2.90. The molecular weight excluding hydrogens is 266 g/mol. The number of piperidine rings is 1. The van der Waals surface area contributed by atoms with E-state index < -0.39 is 29.3 Å². The molecule has 1 aliphatic rings. The fourth-order valence-electron chi connectivity index (χ4n) is 2.48. The molecule has 1 amide bonds. The molecular formula is C14H18F2N2O2. The number of hydrogen-bond acceptors (Lipinski definition) is 3. The number of likely N-dealkylation sites (tertiary alicyclic amines) is 1. The Balaban J connectivity index is 2.09. The highest BCUT2D eigenvalue weighted by atomic mass is 19.1. The molecule has 20 heavy (non-hydrogen) atoms. The lowest BCUT2D eigenvalue weighted by molar-refractivity contribution is 0.0521. The first kappa shape index (κ1) is 14.7. The highest BCUT2D eigenvalue weighted by Crippen LogP contribution is 2.23. The zero-order valence-corrected chi connectivity index (χ0v) is 11.3. The number of nitrogens with zero attached hydrogens (tertiary/aromatic N) is 1. The van der Waals surface area contributed by atoms with E-state index in [9.17, 15) is 18.7 Å². The quantitative estimate of drug-likeness (QED) is 0.814. The molecule has 0 radical (unpaired) electrons. The molecule has 1 aromatic carbocycles. The molecule has 0 aliphatic carbocycles. The van der Waals surface area contributed by atoms with Crippen LogP contribution in [0.5, 0.6) is 0 Å². The zero-order valence-electron chi connectivity index (χ0n) is 11.3. The summed E-state index contributed by atoms with van der Waals surface area (Å²) in [4.78, 5) is 13.7. The summed E-state index contributed by atoms with van der Waals surface area (Å²) < 4.78 is 26.7. The summed E-state index contributed by atoms with van der Waals surface area (Å²) >= 11 is 0. The molecule has 1 saturated heterocycles. The van der Waals surface area contributed by atoms with Gasteiger partial charge in [0.15, 0.2) is 0 Å². The zero-order chi connectivity index (χ0) is 14.9. The predicted molar refractivity (Wildman–Crippen MR) is 71.1 cm³/mol. The van der Waals surface area contributed by atoms with E-state index in [1.807, 2.05) is 0 Å². The minimum Gasteiger partial charge on any atom is -0.394 e. The topological polar surface area (TPSA) is 66.6 Å². The van der Waals surface area contributed by atoms with Crippen LogP contribution in [0.25, 0.3) is 0 Å². The lowest BCUT2D eigenvalue weighted by Crippen LogP contribution is -2.40. The van der Waals surface area contributed by atoms with Gasteiger partial charge in [0, 0.05) is 18.7 Å². The van der Waals surface area contributed by atoms with Crippen molar-refractivity contribution < 1.29 is 18.7 Å². The molecule has 110 valence electrons. The second-order valence-corrected chi connectivity index (χ2v) is 5.22. The van der Waals surface area contributed by atoms with Crippen LogP contribution >= 0.6 is 0 Å². The van der Waals surface area contributed by atoms with Gasteiger partial charge in [0.05, 0.1) is 6.10 Å². The number of amides is 1. The van der Waals surface area contributed by atoms with E-state index in [4.69, 9.17) is 5.73 Å². The Morgan fingerprint density at radius 1 is 1.35 bits per heavy atom. The monoisotopic (exact) mass is 284 g/mol. The Morgan fingerprint density at radius 2 is 1.85 bits per heavy atom. The largest absolute Gasteiger partial charge is 0.394 e. The number of anilines is 1. The third-order valence-corrected chi connectivity index (χ3v) is 3.84. The van der Waals surface area contributed by atoms with E-state index in [-0.39, 0.29) is 11.5 Å². The predicted octanol–water partition coefficient (Wildman–Crippen LogP) is 1.78. The molecule has 1 aromatic rings. The number of hydrogen-bond donors (Lipinski definition) is 2. The van der Waals surface area contributed by atoms with Crippen LogP contribution in [0.15, 0.2) is 12.1 Å². The van der Waals surface area contributed by atoms with Gasteiger partial charge in [-0.1, -0.05) is 0 Å². The molecule has 0 aromatic heterocycles. The maximum atomic E-state index is 13.4. The molecule has 0 bridgehead atoms. The Bertz CT molecular complexity index is 489. The molecule has 1 aliphatic heterocycles. The third-order valence-electron chi connectivity index (χ3n) is 3.84. The summed E-state index contributed by atoms with van der Waals surface area (Å²) in [5, 5.41) is 9.51. The van der Waals surface area contributed by atoms with Crippen molar-refractivity contribution in [2.45, 2.75) is 25.9 Å². The van der Waals surface area contributed by atoms with E-state index in [2.05, 4.69) is 0 Å². The first-order valence-electron chi connectivity index (χ1n) is 6.62. The first-order chi connectivity index (χ1) is 9.40. The summed E-state index contributed by atoms with van der Waals surface area (Å²) in [7, 11) is 0. The molecule has 0 spiro atoms. The van der Waals surface area contributed by atoms with Crippen LogP contribution < -0.4 is 5.73 Å². The number of carbonyl (C=O) groups is 1. The number of nitrogens with two attached hydrogens (primary N) is 1. The van der Waals surface area contributed by atoms with Gasteiger partial charge < -0.3 is 15.7 Å². The Labute approximate surface area is 116 Å². The molecule has 1 atom stereocenters. The van der Waals surface area contributed by atoms with Crippen molar-refractivity contribution in [1.82, 2.24) is 4.90 Å². The number of nitrogen functional groups attached to an aromatic ring is 1. The van der Waals surface area contributed by atoms with E-state index in [0.29, 0.717) is 25.9 Å². The van der Waals surface area contributed by atoms with E-state index in [1.165, 1.54) is 0 Å². The molecule has 1 unspecified atom stereocenters. The maximum absolute atomic E-state index is 13.4. The summed E-state index contributed by atoms with van der Waals surface area (Å²) in [6, 6.07) is 1.92. The van der Waals surface area contributed by atoms with Crippen LogP contribution in [0.1, 0.15) is 30.1 Å². The van der Waals surface area contributed by atoms with E-state index in [0.717, 1.165) is 12.1 Å². The van der Waals surface area contributed by atoms with Gasteiger partial charge in [-0.15, -0.1) is 0 Å². The van der Waals surface area contributed by atoms with Crippen molar-refractivity contribution in [3.05, 3.63) is 29.3 Å². The lowest BCUT2D eigenvalue weighted by Gasteiger charge is -2.33. The van der Waals surface area contributed by atoms with Gasteiger partial charge in [-0.05, 0) is 37.8 Å². The smallest absolute Gasteiger partial charge is 0.254 e. The van der Waals surface area contributed by atoms with Crippen LogP contribution in [0, 0.1) is 17.6 Å². The lowest BCUT2D eigenvalue weighted by atomic mass is 9.92. The number of carbonyl (C=O) groups excluding carboxylic acids is 1. The number of rotatable bonds is 2.